The van der Waals surface area contributed by atoms with Crippen LogP contribution in [0.15, 0.2) is 53.8 Å². The highest BCUT2D eigenvalue weighted by molar-refractivity contribution is 7.98. The first kappa shape index (κ1) is 12.7. The Hall–Kier alpha value is -2.27. The number of nitrogens with two attached hydrogens (primary N) is 1. The molecule has 0 aliphatic heterocycles. The maximum atomic E-state index is 5.94. The Morgan fingerprint density at radius 1 is 1.10 bits per heavy atom. The molecule has 5 heteroatoms. The van der Waals surface area contributed by atoms with Gasteiger partial charge in [-0.15, -0.1) is 11.8 Å². The largest absolute Gasteiger partial charge is 0.398 e. The monoisotopic (exact) mass is 282 g/mol. The van der Waals surface area contributed by atoms with Crippen molar-refractivity contribution < 1.29 is 0 Å². The molecule has 0 aliphatic rings. The molecule has 3 aromatic rings. The Morgan fingerprint density at radius 3 is 2.60 bits per heavy atom. The van der Waals surface area contributed by atoms with E-state index in [1.165, 1.54) is 4.90 Å². The summed E-state index contributed by atoms with van der Waals surface area (Å²) in [4.78, 5) is 13.0. The molecule has 3 rings (SSSR count). The number of rotatable bonds is 3. The molecule has 2 heterocycles. The number of pyridine rings is 1. The van der Waals surface area contributed by atoms with Crippen molar-refractivity contribution in [3.63, 3.8) is 0 Å². The summed E-state index contributed by atoms with van der Waals surface area (Å²) in [5.74, 6) is 0.736. The first-order valence-electron chi connectivity index (χ1n) is 6.17. The number of thioether (sulfide) groups is 1. The minimum absolute atomic E-state index is 0.665. The van der Waals surface area contributed by atoms with Gasteiger partial charge in [0.2, 0.25) is 0 Å². The molecule has 20 heavy (non-hydrogen) atoms. The second kappa shape index (κ2) is 5.38. The van der Waals surface area contributed by atoms with E-state index in [-0.39, 0.29) is 0 Å². The molecule has 0 radical (unpaired) electrons. The molecule has 4 nitrogen and oxygen atoms in total. The van der Waals surface area contributed by atoms with Gasteiger partial charge in [-0.3, -0.25) is 4.98 Å². The Balaban J connectivity index is 1.95. The first-order valence-corrected chi connectivity index (χ1v) is 7.39. The highest BCUT2D eigenvalue weighted by Crippen LogP contribution is 2.26. The summed E-state index contributed by atoms with van der Waals surface area (Å²) in [7, 11) is 0. The normalized spacial score (nSPS) is 10.7. The van der Waals surface area contributed by atoms with Crippen LogP contribution in [0, 0.1) is 0 Å². The van der Waals surface area contributed by atoms with E-state index in [1.54, 1.807) is 30.2 Å². The van der Waals surface area contributed by atoms with Crippen molar-refractivity contribution in [3.05, 3.63) is 48.9 Å². The van der Waals surface area contributed by atoms with Gasteiger partial charge in [0.25, 0.3) is 0 Å². The fourth-order valence-corrected chi connectivity index (χ4v) is 2.39. The van der Waals surface area contributed by atoms with Crippen LogP contribution in [0.5, 0.6) is 0 Å². The summed E-state index contributed by atoms with van der Waals surface area (Å²) in [5.41, 5.74) is 9.49. The van der Waals surface area contributed by atoms with Crippen molar-refractivity contribution in [1.29, 1.82) is 0 Å². The van der Waals surface area contributed by atoms with Crippen LogP contribution in [0.25, 0.3) is 22.6 Å². The lowest BCUT2D eigenvalue weighted by Crippen LogP contribution is -1.91. The lowest BCUT2D eigenvalue weighted by atomic mass is 10.2. The van der Waals surface area contributed by atoms with Crippen LogP contribution >= 0.6 is 11.8 Å². The maximum absolute atomic E-state index is 5.94. The fraction of sp³-hybridized carbons (Fsp3) is 0.0667. The number of hydrogen-bond acceptors (Lipinski definition) is 4. The minimum atomic E-state index is 0.665. The SMILES string of the molecule is CSc1ccc(-c2cnc(-c3cnccc3N)[nH]2)cc1. The number of nitrogen functional groups attached to an aromatic ring is 1. The molecule has 0 unspecified atom stereocenters. The molecule has 0 bridgehead atoms. The highest BCUT2D eigenvalue weighted by atomic mass is 32.2. The molecule has 0 saturated carbocycles. The van der Waals surface area contributed by atoms with E-state index >= 15 is 0 Å². The quantitative estimate of drug-likeness (QED) is 0.722. The summed E-state index contributed by atoms with van der Waals surface area (Å²) >= 11 is 1.73. The van der Waals surface area contributed by atoms with Gasteiger partial charge in [0.05, 0.1) is 17.5 Å². The van der Waals surface area contributed by atoms with Gasteiger partial charge >= 0.3 is 0 Å². The van der Waals surface area contributed by atoms with Gasteiger partial charge in [-0.1, -0.05) is 12.1 Å². The number of nitrogens with zero attached hydrogens (tertiary/aromatic N) is 2. The van der Waals surface area contributed by atoms with Crippen molar-refractivity contribution in [1.82, 2.24) is 15.0 Å². The van der Waals surface area contributed by atoms with Crippen molar-refractivity contribution in [3.8, 4) is 22.6 Å². The lowest BCUT2D eigenvalue weighted by molar-refractivity contribution is 1.26. The second-order valence-electron chi connectivity index (χ2n) is 4.34. The Kier molecular flexibility index (Phi) is 3.43. The maximum Gasteiger partial charge on any atom is 0.141 e. The van der Waals surface area contributed by atoms with Gasteiger partial charge in [0, 0.05) is 23.0 Å². The topological polar surface area (TPSA) is 67.6 Å². The third kappa shape index (κ3) is 2.40. The Morgan fingerprint density at radius 2 is 1.90 bits per heavy atom. The molecule has 1 aromatic carbocycles. The summed E-state index contributed by atoms with van der Waals surface area (Å²) < 4.78 is 0. The van der Waals surface area contributed by atoms with Crippen molar-refractivity contribution >= 4 is 17.4 Å². The zero-order valence-corrected chi connectivity index (χ0v) is 11.8. The van der Waals surface area contributed by atoms with Gasteiger partial charge in [-0.05, 0) is 30.0 Å². The van der Waals surface area contributed by atoms with Crippen LogP contribution in [-0.2, 0) is 0 Å². The molecule has 2 aromatic heterocycles. The molecule has 0 aliphatic carbocycles. The van der Waals surface area contributed by atoms with Crippen LogP contribution in [-0.4, -0.2) is 21.2 Å². The number of imidazole rings is 1. The lowest BCUT2D eigenvalue weighted by Gasteiger charge is -2.01. The number of nitrogens with one attached hydrogen (secondary N) is 1. The van der Waals surface area contributed by atoms with Crippen molar-refractivity contribution in [2.75, 3.05) is 12.0 Å². The van der Waals surface area contributed by atoms with Crippen molar-refractivity contribution in [2.45, 2.75) is 4.90 Å². The number of benzene rings is 1. The number of aromatic nitrogens is 3. The molecule has 0 spiro atoms. The van der Waals surface area contributed by atoms with E-state index < -0.39 is 0 Å². The smallest absolute Gasteiger partial charge is 0.141 e. The molecule has 0 atom stereocenters. The second-order valence-corrected chi connectivity index (χ2v) is 5.22. The van der Waals surface area contributed by atoms with Crippen LogP contribution < -0.4 is 5.73 Å². The Bertz CT molecular complexity index is 719. The van der Waals surface area contributed by atoms with E-state index in [9.17, 15) is 0 Å². The van der Waals surface area contributed by atoms with Crippen LogP contribution in [0.1, 0.15) is 0 Å². The summed E-state index contributed by atoms with van der Waals surface area (Å²) in [6.45, 7) is 0. The predicted molar refractivity (Wildman–Crippen MR) is 83.4 cm³/mol. The minimum Gasteiger partial charge on any atom is -0.398 e. The predicted octanol–water partition coefficient (Wildman–Crippen LogP) is 3.44. The first-order chi connectivity index (χ1) is 9.78. The summed E-state index contributed by atoms with van der Waals surface area (Å²) in [6.07, 6.45) is 7.27. The standard InChI is InChI=1S/C15H14N4S/c1-20-11-4-2-10(3-5-11)14-9-18-15(19-14)12-8-17-7-6-13(12)16/h2-9H,1H3,(H2,16,17)(H,18,19). The molecular weight excluding hydrogens is 268 g/mol. The molecule has 0 fully saturated rings. The number of hydrogen-bond donors (Lipinski definition) is 2. The third-order valence-corrected chi connectivity index (χ3v) is 3.83. The van der Waals surface area contributed by atoms with E-state index in [0.29, 0.717) is 5.69 Å². The summed E-state index contributed by atoms with van der Waals surface area (Å²) in [5, 5.41) is 0. The van der Waals surface area contributed by atoms with E-state index in [1.807, 2.05) is 6.20 Å². The number of anilines is 1. The van der Waals surface area contributed by atoms with Gasteiger partial charge in [-0.25, -0.2) is 4.98 Å². The fourth-order valence-electron chi connectivity index (χ4n) is 1.98. The molecule has 0 saturated heterocycles. The van der Waals surface area contributed by atoms with Gasteiger partial charge < -0.3 is 10.7 Å². The van der Waals surface area contributed by atoms with E-state index in [4.69, 9.17) is 5.73 Å². The number of aromatic amines is 1. The average molecular weight is 282 g/mol. The van der Waals surface area contributed by atoms with Gasteiger partial charge in [0.1, 0.15) is 5.82 Å². The van der Waals surface area contributed by atoms with Gasteiger partial charge in [-0.2, -0.15) is 0 Å². The van der Waals surface area contributed by atoms with Crippen molar-refractivity contribution in [2.24, 2.45) is 0 Å². The van der Waals surface area contributed by atoms with E-state index in [2.05, 4.69) is 45.5 Å². The molecule has 0 amide bonds. The van der Waals surface area contributed by atoms with Crippen LogP contribution in [0.3, 0.4) is 0 Å². The van der Waals surface area contributed by atoms with E-state index in [0.717, 1.165) is 22.6 Å². The molecule has 3 N–H and O–H groups in total. The molecular formula is C15H14N4S. The van der Waals surface area contributed by atoms with Crippen LogP contribution in [0.4, 0.5) is 5.69 Å². The zero-order valence-electron chi connectivity index (χ0n) is 11.0. The van der Waals surface area contributed by atoms with Gasteiger partial charge in [0.15, 0.2) is 0 Å². The number of H-pyrrole nitrogens is 1. The average Bonchev–Trinajstić information content (AvgIpc) is 2.97. The third-order valence-electron chi connectivity index (χ3n) is 3.09. The Labute approximate surface area is 121 Å². The zero-order chi connectivity index (χ0) is 13.9. The van der Waals surface area contributed by atoms with Crippen LogP contribution in [0.2, 0.25) is 0 Å². The summed E-state index contributed by atoms with van der Waals surface area (Å²) in [6, 6.07) is 10.1. The highest BCUT2D eigenvalue weighted by Gasteiger charge is 2.08. The molecule has 100 valence electrons.